The Balaban J connectivity index is 1.87. The second-order valence-corrected chi connectivity index (χ2v) is 10.2. The van der Waals surface area contributed by atoms with Crippen molar-refractivity contribution in [1.82, 2.24) is 4.57 Å². The number of fused-ring (bicyclic) bond motifs is 1. The van der Waals surface area contributed by atoms with E-state index in [9.17, 15) is 9.59 Å². The lowest BCUT2D eigenvalue weighted by Crippen LogP contribution is -2.39. The van der Waals surface area contributed by atoms with Crippen LogP contribution in [0, 0.1) is 0 Å². The van der Waals surface area contributed by atoms with Gasteiger partial charge in [0.25, 0.3) is 5.56 Å². The molecule has 0 saturated heterocycles. The summed E-state index contributed by atoms with van der Waals surface area (Å²) in [4.78, 5) is 33.0. The summed E-state index contributed by atoms with van der Waals surface area (Å²) in [6.07, 6.45) is 3.94. The number of nitrogens with zero attached hydrogens (tertiary/aromatic N) is 2. The molecule has 0 radical (unpaired) electrons. The molecule has 1 aromatic heterocycles. The van der Waals surface area contributed by atoms with E-state index in [1.54, 1.807) is 30.2 Å². The minimum absolute atomic E-state index is 0.0424. The lowest BCUT2D eigenvalue weighted by atomic mass is 9.96. The SMILES string of the molecule is CCOC(=O)C1=C(C)N=c2s/c(=C\c3ccc(SC)cc3)c(=O)n2[C@@H]1c1ccc(OC(C)C)cc1. The summed E-state index contributed by atoms with van der Waals surface area (Å²) in [7, 11) is 0. The first-order chi connectivity index (χ1) is 16.8. The molecule has 0 unspecified atom stereocenters. The van der Waals surface area contributed by atoms with E-state index in [1.165, 1.54) is 11.3 Å². The summed E-state index contributed by atoms with van der Waals surface area (Å²) in [6, 6.07) is 14.9. The maximum Gasteiger partial charge on any atom is 0.338 e. The Kier molecular flexibility index (Phi) is 7.62. The number of hydrogen-bond acceptors (Lipinski definition) is 7. The molecule has 0 saturated carbocycles. The lowest BCUT2D eigenvalue weighted by Gasteiger charge is -2.25. The van der Waals surface area contributed by atoms with Gasteiger partial charge in [0.2, 0.25) is 0 Å². The third-order valence-corrected chi connectivity index (χ3v) is 7.22. The fourth-order valence-electron chi connectivity index (χ4n) is 3.96. The number of esters is 1. The van der Waals surface area contributed by atoms with Gasteiger partial charge < -0.3 is 9.47 Å². The summed E-state index contributed by atoms with van der Waals surface area (Å²) >= 11 is 2.99. The van der Waals surface area contributed by atoms with Crippen LogP contribution >= 0.6 is 23.1 Å². The molecule has 2 heterocycles. The molecule has 3 aromatic rings. The summed E-state index contributed by atoms with van der Waals surface area (Å²) in [6.45, 7) is 7.71. The zero-order valence-electron chi connectivity index (χ0n) is 20.4. The maximum atomic E-state index is 13.6. The van der Waals surface area contributed by atoms with Crippen LogP contribution in [0.15, 0.2) is 74.5 Å². The number of thioether (sulfide) groups is 1. The zero-order valence-corrected chi connectivity index (χ0v) is 22.0. The first-order valence-electron chi connectivity index (χ1n) is 11.4. The highest BCUT2D eigenvalue weighted by Gasteiger charge is 2.33. The molecule has 2 aromatic carbocycles. The Labute approximate surface area is 212 Å². The molecule has 0 N–H and O–H groups in total. The summed E-state index contributed by atoms with van der Waals surface area (Å²) in [5.74, 6) is 0.256. The number of hydrogen-bond donors (Lipinski definition) is 0. The average molecular weight is 509 g/mol. The molecule has 0 bridgehead atoms. The Morgan fingerprint density at radius 3 is 2.46 bits per heavy atom. The predicted molar refractivity (Wildman–Crippen MR) is 141 cm³/mol. The van der Waals surface area contributed by atoms with Crippen molar-refractivity contribution in [1.29, 1.82) is 0 Å². The van der Waals surface area contributed by atoms with Gasteiger partial charge in [0, 0.05) is 4.90 Å². The standard InChI is InChI=1S/C27H28N2O4S2/c1-6-32-26(31)23-17(4)28-27-29(24(23)19-9-11-20(12-10-19)33-16(2)3)25(30)22(35-27)15-18-7-13-21(34-5)14-8-18/h7-16,24H,6H2,1-5H3/b22-15-/t24-/m1/s1. The van der Waals surface area contributed by atoms with E-state index < -0.39 is 12.0 Å². The highest BCUT2D eigenvalue weighted by Crippen LogP contribution is 2.31. The van der Waals surface area contributed by atoms with Crippen LogP contribution in [-0.4, -0.2) is 29.5 Å². The molecule has 1 aliphatic rings. The summed E-state index contributed by atoms with van der Waals surface area (Å²) in [5.41, 5.74) is 2.45. The number of carbonyl (C=O) groups is 1. The number of allylic oxidation sites excluding steroid dienone is 1. The smallest absolute Gasteiger partial charge is 0.338 e. The van der Waals surface area contributed by atoms with Crippen LogP contribution in [0.5, 0.6) is 5.75 Å². The number of rotatable bonds is 7. The molecule has 0 spiro atoms. The fourth-order valence-corrected chi connectivity index (χ4v) is 5.41. The van der Waals surface area contributed by atoms with E-state index in [4.69, 9.17) is 9.47 Å². The Morgan fingerprint density at radius 2 is 1.86 bits per heavy atom. The molecule has 4 rings (SSSR count). The first-order valence-corrected chi connectivity index (χ1v) is 13.5. The van der Waals surface area contributed by atoms with Crippen molar-refractivity contribution in [2.75, 3.05) is 12.9 Å². The Bertz CT molecular complexity index is 1430. The monoisotopic (exact) mass is 508 g/mol. The van der Waals surface area contributed by atoms with E-state index in [1.807, 2.05) is 74.7 Å². The van der Waals surface area contributed by atoms with Gasteiger partial charge in [0.1, 0.15) is 5.75 Å². The third-order valence-electron chi connectivity index (χ3n) is 5.50. The van der Waals surface area contributed by atoms with Crippen LogP contribution < -0.4 is 19.6 Å². The second kappa shape index (κ2) is 10.7. The van der Waals surface area contributed by atoms with Crippen LogP contribution in [0.1, 0.15) is 44.9 Å². The molecular weight excluding hydrogens is 480 g/mol. The first kappa shape index (κ1) is 25.0. The van der Waals surface area contributed by atoms with Gasteiger partial charge in [-0.2, -0.15) is 0 Å². The topological polar surface area (TPSA) is 69.9 Å². The minimum atomic E-state index is -0.639. The summed E-state index contributed by atoms with van der Waals surface area (Å²) in [5, 5.41) is 0. The van der Waals surface area contributed by atoms with Crippen molar-refractivity contribution in [2.24, 2.45) is 4.99 Å². The van der Waals surface area contributed by atoms with Gasteiger partial charge in [-0.15, -0.1) is 11.8 Å². The summed E-state index contributed by atoms with van der Waals surface area (Å²) < 4.78 is 13.3. The number of benzene rings is 2. The molecule has 0 fully saturated rings. The van der Waals surface area contributed by atoms with Gasteiger partial charge in [0.05, 0.1) is 34.6 Å². The molecule has 182 valence electrons. The molecule has 35 heavy (non-hydrogen) atoms. The highest BCUT2D eigenvalue weighted by molar-refractivity contribution is 7.98. The van der Waals surface area contributed by atoms with Crippen LogP contribution in [0.3, 0.4) is 0 Å². The van der Waals surface area contributed by atoms with E-state index in [0.29, 0.717) is 20.6 Å². The highest BCUT2D eigenvalue weighted by atomic mass is 32.2. The minimum Gasteiger partial charge on any atom is -0.491 e. The normalized spacial score (nSPS) is 15.7. The van der Waals surface area contributed by atoms with E-state index in [0.717, 1.165) is 21.8 Å². The van der Waals surface area contributed by atoms with E-state index >= 15 is 0 Å². The van der Waals surface area contributed by atoms with Gasteiger partial charge in [-0.25, -0.2) is 9.79 Å². The third kappa shape index (κ3) is 5.28. The van der Waals surface area contributed by atoms with Gasteiger partial charge in [-0.1, -0.05) is 35.6 Å². The Hall–Kier alpha value is -3.10. The van der Waals surface area contributed by atoms with Gasteiger partial charge in [-0.05, 0) is 75.4 Å². The average Bonchev–Trinajstić information content (AvgIpc) is 3.13. The quantitative estimate of drug-likeness (QED) is 0.351. The van der Waals surface area contributed by atoms with Gasteiger partial charge in [-0.3, -0.25) is 9.36 Å². The maximum absolute atomic E-state index is 13.6. The van der Waals surface area contributed by atoms with Crippen molar-refractivity contribution in [3.63, 3.8) is 0 Å². The van der Waals surface area contributed by atoms with E-state index in [-0.39, 0.29) is 18.3 Å². The zero-order chi connectivity index (χ0) is 25.1. The molecule has 1 aliphatic heterocycles. The predicted octanol–water partition coefficient (Wildman–Crippen LogP) is 4.31. The lowest BCUT2D eigenvalue weighted by molar-refractivity contribution is -0.139. The Morgan fingerprint density at radius 1 is 1.17 bits per heavy atom. The molecule has 0 aliphatic carbocycles. The molecule has 6 nitrogen and oxygen atoms in total. The van der Waals surface area contributed by atoms with Crippen LogP contribution in [0.4, 0.5) is 0 Å². The van der Waals surface area contributed by atoms with Gasteiger partial charge >= 0.3 is 5.97 Å². The van der Waals surface area contributed by atoms with Crippen LogP contribution in [0.25, 0.3) is 6.08 Å². The van der Waals surface area contributed by atoms with E-state index in [2.05, 4.69) is 4.99 Å². The molecule has 1 atom stereocenters. The van der Waals surface area contributed by atoms with Crippen molar-refractivity contribution < 1.29 is 14.3 Å². The molecular formula is C27H28N2O4S2. The largest absolute Gasteiger partial charge is 0.491 e. The van der Waals surface area contributed by atoms with Crippen molar-refractivity contribution in [3.8, 4) is 5.75 Å². The molecule has 0 amide bonds. The van der Waals surface area contributed by atoms with Crippen molar-refractivity contribution in [2.45, 2.75) is 44.7 Å². The van der Waals surface area contributed by atoms with Gasteiger partial charge in [0.15, 0.2) is 4.80 Å². The molecule has 8 heteroatoms. The van der Waals surface area contributed by atoms with Crippen LogP contribution in [-0.2, 0) is 9.53 Å². The number of ether oxygens (including phenoxy) is 2. The number of carbonyl (C=O) groups excluding carboxylic acids is 1. The van der Waals surface area contributed by atoms with Crippen molar-refractivity contribution >= 4 is 35.1 Å². The number of thiazole rings is 1. The fraction of sp³-hybridized carbons (Fsp3) is 0.296. The van der Waals surface area contributed by atoms with Crippen molar-refractivity contribution in [3.05, 3.63) is 90.6 Å². The number of aromatic nitrogens is 1. The van der Waals surface area contributed by atoms with Crippen LogP contribution in [0.2, 0.25) is 0 Å². The second-order valence-electron chi connectivity index (χ2n) is 8.31.